The van der Waals surface area contributed by atoms with Crippen LogP contribution in [0.2, 0.25) is 0 Å². The first kappa shape index (κ1) is 14.9. The van der Waals surface area contributed by atoms with Crippen LogP contribution in [0.4, 0.5) is 13.2 Å². The monoisotopic (exact) mass is 294 g/mol. The van der Waals surface area contributed by atoms with Crippen LogP contribution in [0.1, 0.15) is 16.7 Å². The summed E-state index contributed by atoms with van der Waals surface area (Å²) in [4.78, 5) is 0. The van der Waals surface area contributed by atoms with Crippen molar-refractivity contribution >= 4 is 6.21 Å². The lowest BCUT2D eigenvalue weighted by Gasteiger charge is -2.10. The van der Waals surface area contributed by atoms with Crippen molar-refractivity contribution in [3.63, 3.8) is 0 Å². The molecule has 0 spiro atoms. The third-order valence-electron chi connectivity index (χ3n) is 2.74. The Kier molecular flexibility index (Phi) is 4.47. The Morgan fingerprint density at radius 1 is 1.10 bits per heavy atom. The molecule has 0 radical (unpaired) electrons. The van der Waals surface area contributed by atoms with Gasteiger partial charge in [0.05, 0.1) is 11.8 Å². The maximum absolute atomic E-state index is 12.6. The molecule has 0 aliphatic carbocycles. The highest BCUT2D eigenvalue weighted by Gasteiger charge is 2.30. The van der Waals surface area contributed by atoms with Gasteiger partial charge in [-0.3, -0.25) is 0 Å². The number of ether oxygens (including phenoxy) is 1. The lowest BCUT2D eigenvalue weighted by molar-refractivity contribution is -0.137. The zero-order chi connectivity index (χ0) is 15.3. The van der Waals surface area contributed by atoms with Gasteiger partial charge in [0.2, 0.25) is 0 Å². The van der Waals surface area contributed by atoms with E-state index in [1.807, 2.05) is 0 Å². The van der Waals surface area contributed by atoms with Crippen molar-refractivity contribution in [3.8, 4) is 5.75 Å². The van der Waals surface area contributed by atoms with Gasteiger partial charge < -0.3 is 10.6 Å². The SMILES string of the molecule is NN=Cc1cccc(OCc2cccc(C(F)(F)F)c2)c1. The molecule has 0 amide bonds. The molecule has 0 aliphatic heterocycles. The van der Waals surface area contributed by atoms with Gasteiger partial charge in [0.25, 0.3) is 0 Å². The standard InChI is InChI=1S/C15H13F3N2O/c16-15(17,18)13-5-1-4-12(7-13)10-21-14-6-2-3-11(8-14)9-20-19/h1-9H,10,19H2. The van der Waals surface area contributed by atoms with Gasteiger partial charge in [-0.2, -0.15) is 18.3 Å². The molecular weight excluding hydrogens is 281 g/mol. The predicted octanol–water partition coefficient (Wildman–Crippen LogP) is 3.58. The first-order valence-electron chi connectivity index (χ1n) is 6.11. The molecule has 0 fully saturated rings. The molecule has 2 rings (SSSR count). The zero-order valence-electron chi connectivity index (χ0n) is 11.0. The highest BCUT2D eigenvalue weighted by molar-refractivity contribution is 5.79. The second kappa shape index (κ2) is 6.30. The van der Waals surface area contributed by atoms with Crippen LogP contribution in [0.5, 0.6) is 5.75 Å². The number of alkyl halides is 3. The fraction of sp³-hybridized carbons (Fsp3) is 0.133. The van der Waals surface area contributed by atoms with E-state index >= 15 is 0 Å². The van der Waals surface area contributed by atoms with E-state index in [9.17, 15) is 13.2 Å². The van der Waals surface area contributed by atoms with Gasteiger partial charge in [-0.15, -0.1) is 0 Å². The van der Waals surface area contributed by atoms with E-state index < -0.39 is 11.7 Å². The number of hydrogen-bond acceptors (Lipinski definition) is 3. The summed E-state index contributed by atoms with van der Waals surface area (Å²) in [5.41, 5.74) is 0.509. The lowest BCUT2D eigenvalue weighted by Crippen LogP contribution is -2.06. The quantitative estimate of drug-likeness (QED) is 0.532. The van der Waals surface area contributed by atoms with E-state index in [0.29, 0.717) is 11.3 Å². The minimum atomic E-state index is -4.35. The van der Waals surface area contributed by atoms with Crippen LogP contribution in [-0.4, -0.2) is 6.21 Å². The Hall–Kier alpha value is -2.50. The van der Waals surface area contributed by atoms with Crippen LogP contribution in [0.15, 0.2) is 53.6 Å². The summed E-state index contributed by atoms with van der Waals surface area (Å²) in [6.45, 7) is 0.0488. The Morgan fingerprint density at radius 2 is 1.86 bits per heavy atom. The molecule has 21 heavy (non-hydrogen) atoms. The average Bonchev–Trinajstić information content (AvgIpc) is 2.45. The second-order valence-electron chi connectivity index (χ2n) is 4.34. The van der Waals surface area contributed by atoms with Crippen LogP contribution < -0.4 is 10.6 Å². The van der Waals surface area contributed by atoms with Gasteiger partial charge in [-0.05, 0) is 35.4 Å². The second-order valence-corrected chi connectivity index (χ2v) is 4.34. The summed E-state index contributed by atoms with van der Waals surface area (Å²) in [7, 11) is 0. The molecule has 0 aliphatic rings. The number of hydrogen-bond donors (Lipinski definition) is 1. The Labute approximate surface area is 119 Å². The van der Waals surface area contributed by atoms with Gasteiger partial charge in [-0.25, -0.2) is 0 Å². The van der Waals surface area contributed by atoms with E-state index in [2.05, 4.69) is 5.10 Å². The number of benzene rings is 2. The average molecular weight is 294 g/mol. The van der Waals surface area contributed by atoms with E-state index in [-0.39, 0.29) is 6.61 Å². The fourth-order valence-corrected chi connectivity index (χ4v) is 1.77. The van der Waals surface area contributed by atoms with Gasteiger partial charge in [0.1, 0.15) is 12.4 Å². The molecule has 2 aromatic rings. The van der Waals surface area contributed by atoms with Crippen molar-refractivity contribution in [1.82, 2.24) is 0 Å². The van der Waals surface area contributed by atoms with Gasteiger partial charge >= 0.3 is 6.18 Å². The molecule has 110 valence electrons. The Balaban J connectivity index is 2.08. The van der Waals surface area contributed by atoms with Crippen LogP contribution in [0.3, 0.4) is 0 Å². The molecule has 0 heterocycles. The van der Waals surface area contributed by atoms with Crippen LogP contribution in [0.25, 0.3) is 0 Å². The summed E-state index contributed by atoms with van der Waals surface area (Å²) in [5.74, 6) is 5.59. The maximum Gasteiger partial charge on any atom is 0.416 e. The molecule has 0 saturated carbocycles. The van der Waals surface area contributed by atoms with Crippen LogP contribution >= 0.6 is 0 Å². The normalized spacial score (nSPS) is 11.8. The third kappa shape index (κ3) is 4.24. The van der Waals surface area contributed by atoms with E-state index in [1.165, 1.54) is 12.3 Å². The highest BCUT2D eigenvalue weighted by Crippen LogP contribution is 2.29. The fourth-order valence-electron chi connectivity index (χ4n) is 1.77. The first-order chi connectivity index (χ1) is 9.99. The molecule has 2 aromatic carbocycles. The smallest absolute Gasteiger partial charge is 0.416 e. The highest BCUT2D eigenvalue weighted by atomic mass is 19.4. The molecule has 0 atom stereocenters. The van der Waals surface area contributed by atoms with E-state index in [4.69, 9.17) is 10.6 Å². The van der Waals surface area contributed by atoms with Crippen LogP contribution in [0, 0.1) is 0 Å². The van der Waals surface area contributed by atoms with E-state index in [0.717, 1.165) is 17.7 Å². The molecule has 0 unspecified atom stereocenters. The molecule has 0 bridgehead atoms. The molecule has 0 aromatic heterocycles. The van der Waals surface area contributed by atoms with Gasteiger partial charge in [0.15, 0.2) is 0 Å². The zero-order valence-corrected chi connectivity index (χ0v) is 11.0. The number of nitrogens with zero attached hydrogens (tertiary/aromatic N) is 1. The summed E-state index contributed by atoms with van der Waals surface area (Å²) in [5, 5.41) is 3.40. The van der Waals surface area contributed by atoms with Crippen LogP contribution in [-0.2, 0) is 12.8 Å². The molecule has 0 saturated heterocycles. The number of halogens is 3. The molecule has 3 nitrogen and oxygen atoms in total. The largest absolute Gasteiger partial charge is 0.489 e. The maximum atomic E-state index is 12.6. The van der Waals surface area contributed by atoms with Crippen molar-refractivity contribution in [2.24, 2.45) is 10.9 Å². The first-order valence-corrected chi connectivity index (χ1v) is 6.11. The number of hydrazone groups is 1. The predicted molar refractivity (Wildman–Crippen MR) is 74.0 cm³/mol. The molecule has 2 N–H and O–H groups in total. The summed E-state index contributed by atoms with van der Waals surface area (Å²) < 4.78 is 43.3. The molecular formula is C15H13F3N2O. The third-order valence-corrected chi connectivity index (χ3v) is 2.74. The summed E-state index contributed by atoms with van der Waals surface area (Å²) in [6.07, 6.45) is -2.90. The molecule has 6 heteroatoms. The van der Waals surface area contributed by atoms with Crippen molar-refractivity contribution < 1.29 is 17.9 Å². The van der Waals surface area contributed by atoms with Gasteiger partial charge in [-0.1, -0.05) is 24.3 Å². The minimum absolute atomic E-state index is 0.0488. The van der Waals surface area contributed by atoms with Crippen molar-refractivity contribution in [2.45, 2.75) is 12.8 Å². The Morgan fingerprint density at radius 3 is 2.57 bits per heavy atom. The topological polar surface area (TPSA) is 47.6 Å². The van der Waals surface area contributed by atoms with Crippen molar-refractivity contribution in [2.75, 3.05) is 0 Å². The summed E-state index contributed by atoms with van der Waals surface area (Å²) in [6, 6.07) is 12.0. The number of nitrogens with two attached hydrogens (primary N) is 1. The lowest BCUT2D eigenvalue weighted by atomic mass is 10.1. The summed E-state index contributed by atoms with van der Waals surface area (Å²) >= 11 is 0. The van der Waals surface area contributed by atoms with E-state index in [1.54, 1.807) is 30.3 Å². The Bertz CT molecular complexity index is 639. The van der Waals surface area contributed by atoms with Gasteiger partial charge in [0, 0.05) is 0 Å². The number of rotatable bonds is 4. The minimum Gasteiger partial charge on any atom is -0.489 e. The van der Waals surface area contributed by atoms with Crippen molar-refractivity contribution in [1.29, 1.82) is 0 Å². The van der Waals surface area contributed by atoms with Crippen molar-refractivity contribution in [3.05, 3.63) is 65.2 Å².